The highest BCUT2D eigenvalue weighted by atomic mass is 35.5. The lowest BCUT2D eigenvalue weighted by atomic mass is 9.81. The molecule has 2 amide bonds. The number of hydrogen-bond donors (Lipinski definition) is 0. The van der Waals surface area contributed by atoms with E-state index < -0.39 is 12.6 Å². The molecule has 3 aliphatic rings. The maximum absolute atomic E-state index is 12.9. The van der Waals surface area contributed by atoms with E-state index in [-0.39, 0.29) is 35.0 Å². The smallest absolute Gasteiger partial charge is 0.338 e. The van der Waals surface area contributed by atoms with Crippen LogP contribution in [0.3, 0.4) is 0 Å². The number of carbonyl (C=O) groups is 4. The van der Waals surface area contributed by atoms with Crippen LogP contribution in [-0.4, -0.2) is 30.2 Å². The van der Waals surface area contributed by atoms with Gasteiger partial charge in [0.1, 0.15) is 0 Å². The molecule has 2 aromatic rings. The molecule has 6 nitrogen and oxygen atoms in total. The first-order chi connectivity index (χ1) is 14.9. The van der Waals surface area contributed by atoms with Crippen molar-refractivity contribution in [2.45, 2.75) is 19.3 Å². The van der Waals surface area contributed by atoms with Crippen molar-refractivity contribution in [3.05, 3.63) is 64.7 Å². The van der Waals surface area contributed by atoms with Crippen LogP contribution in [0.2, 0.25) is 5.02 Å². The van der Waals surface area contributed by atoms with Gasteiger partial charge in [-0.15, -0.1) is 0 Å². The predicted molar refractivity (Wildman–Crippen MR) is 113 cm³/mol. The molecule has 0 radical (unpaired) electrons. The molecule has 2 aromatic carbocycles. The van der Waals surface area contributed by atoms with Gasteiger partial charge in [-0.2, -0.15) is 0 Å². The number of benzene rings is 2. The van der Waals surface area contributed by atoms with Crippen molar-refractivity contribution >= 4 is 40.9 Å². The van der Waals surface area contributed by atoms with Crippen molar-refractivity contribution in [2.75, 3.05) is 11.5 Å². The van der Waals surface area contributed by atoms with E-state index in [1.54, 1.807) is 36.4 Å². The molecular formula is C24H20ClNO5. The second kappa shape index (κ2) is 7.61. The molecule has 2 saturated carbocycles. The number of imide groups is 1. The lowest BCUT2D eigenvalue weighted by Crippen LogP contribution is -2.32. The van der Waals surface area contributed by atoms with Crippen molar-refractivity contribution in [3.8, 4) is 0 Å². The molecule has 2 aliphatic carbocycles. The Bertz CT molecular complexity index is 1050. The average Bonchev–Trinajstić information content (AvgIpc) is 3.46. The largest absolute Gasteiger partial charge is 0.454 e. The fourth-order valence-corrected chi connectivity index (χ4v) is 5.47. The van der Waals surface area contributed by atoms with Crippen LogP contribution in [0.1, 0.15) is 40.0 Å². The zero-order valence-electron chi connectivity index (χ0n) is 16.6. The number of ether oxygens (including phenoxy) is 1. The number of ketones is 1. The Hall–Kier alpha value is -2.99. The van der Waals surface area contributed by atoms with Crippen LogP contribution >= 0.6 is 11.6 Å². The second-order valence-corrected chi connectivity index (χ2v) is 8.89. The standard InChI is InChI=1S/C24H20ClNO5/c25-17-7-3-13(4-8-17)19(27)12-31-24(30)14-5-9-18(10-6-14)26-22(28)20-15-1-2-16(11-15)21(20)23(26)29/h3-10,15-16,20-21H,1-2,11-12H2. The van der Waals surface area contributed by atoms with Crippen molar-refractivity contribution < 1.29 is 23.9 Å². The third-order valence-corrected chi connectivity index (χ3v) is 7.04. The predicted octanol–water partition coefficient (Wildman–Crippen LogP) is 3.92. The van der Waals surface area contributed by atoms with E-state index in [9.17, 15) is 19.2 Å². The number of fused-ring (bicyclic) bond motifs is 5. The van der Waals surface area contributed by atoms with Crippen molar-refractivity contribution in [1.82, 2.24) is 0 Å². The molecule has 3 fully saturated rings. The second-order valence-electron chi connectivity index (χ2n) is 8.45. The summed E-state index contributed by atoms with van der Waals surface area (Å²) in [5.74, 6) is -0.951. The molecule has 7 heteroatoms. The summed E-state index contributed by atoms with van der Waals surface area (Å²) in [5.41, 5.74) is 1.11. The summed E-state index contributed by atoms with van der Waals surface area (Å²) in [6.45, 7) is -0.391. The van der Waals surface area contributed by atoms with Crippen LogP contribution in [0.5, 0.6) is 0 Å². The van der Waals surface area contributed by atoms with Gasteiger partial charge in [0.05, 0.1) is 23.1 Å². The van der Waals surface area contributed by atoms with Crippen LogP contribution in [0.25, 0.3) is 0 Å². The molecule has 4 unspecified atom stereocenters. The number of rotatable bonds is 5. The Morgan fingerprint density at radius 2 is 1.42 bits per heavy atom. The van der Waals surface area contributed by atoms with Crippen LogP contribution in [0, 0.1) is 23.7 Å². The Kier molecular flexibility index (Phi) is 4.89. The van der Waals surface area contributed by atoms with Gasteiger partial charge in [0.25, 0.3) is 0 Å². The third-order valence-electron chi connectivity index (χ3n) is 6.79. The van der Waals surface area contributed by atoms with E-state index in [1.807, 2.05) is 0 Å². The molecule has 1 heterocycles. The molecule has 0 N–H and O–H groups in total. The zero-order chi connectivity index (χ0) is 21.7. The molecule has 2 bridgehead atoms. The van der Waals surface area contributed by atoms with Crippen LogP contribution < -0.4 is 4.90 Å². The number of Topliss-reactive ketones (excluding diaryl/α,β-unsaturated/α-hetero) is 1. The van der Waals surface area contributed by atoms with E-state index in [0.717, 1.165) is 19.3 Å². The van der Waals surface area contributed by atoms with Gasteiger partial charge in [-0.1, -0.05) is 11.6 Å². The maximum atomic E-state index is 12.9. The first-order valence-corrected chi connectivity index (χ1v) is 10.8. The van der Waals surface area contributed by atoms with Gasteiger partial charge in [-0.25, -0.2) is 4.79 Å². The van der Waals surface area contributed by atoms with E-state index in [1.165, 1.54) is 17.0 Å². The molecule has 5 rings (SSSR count). The number of nitrogens with zero attached hydrogens (tertiary/aromatic N) is 1. The van der Waals surface area contributed by atoms with E-state index in [0.29, 0.717) is 28.1 Å². The van der Waals surface area contributed by atoms with Crippen molar-refractivity contribution in [1.29, 1.82) is 0 Å². The topological polar surface area (TPSA) is 80.8 Å². The summed E-state index contributed by atoms with van der Waals surface area (Å²) in [5, 5.41) is 0.514. The molecule has 4 atom stereocenters. The highest BCUT2D eigenvalue weighted by molar-refractivity contribution is 6.30. The van der Waals surface area contributed by atoms with Crippen LogP contribution in [0.4, 0.5) is 5.69 Å². The summed E-state index contributed by atoms with van der Waals surface area (Å²) in [4.78, 5) is 51.5. The Labute approximate surface area is 184 Å². The fraction of sp³-hybridized carbons (Fsp3) is 0.333. The van der Waals surface area contributed by atoms with Crippen molar-refractivity contribution in [3.63, 3.8) is 0 Å². The minimum absolute atomic E-state index is 0.119. The lowest BCUT2D eigenvalue weighted by molar-refractivity contribution is -0.123. The lowest BCUT2D eigenvalue weighted by Gasteiger charge is -2.19. The Balaban J connectivity index is 1.24. The number of carbonyl (C=O) groups excluding carboxylic acids is 4. The van der Waals surface area contributed by atoms with Crippen molar-refractivity contribution in [2.24, 2.45) is 23.7 Å². The Morgan fingerprint density at radius 1 is 0.871 bits per heavy atom. The highest BCUT2D eigenvalue weighted by Gasteiger charge is 2.61. The summed E-state index contributed by atoms with van der Waals surface area (Å²) < 4.78 is 5.11. The summed E-state index contributed by atoms with van der Waals surface area (Å²) in [6, 6.07) is 12.5. The van der Waals surface area contributed by atoms with Gasteiger partial charge in [-0.05, 0) is 79.6 Å². The SMILES string of the molecule is O=C(COC(=O)c1ccc(N2C(=O)C3C4CCC(C4)C3C2=O)cc1)c1ccc(Cl)cc1. The number of amides is 2. The summed E-state index contributed by atoms with van der Waals surface area (Å²) in [7, 11) is 0. The molecule has 0 aromatic heterocycles. The highest BCUT2D eigenvalue weighted by Crippen LogP contribution is 2.56. The molecular weight excluding hydrogens is 418 g/mol. The van der Waals surface area contributed by atoms with Gasteiger partial charge in [0.15, 0.2) is 12.4 Å². The zero-order valence-corrected chi connectivity index (χ0v) is 17.4. The molecule has 158 valence electrons. The first-order valence-electron chi connectivity index (χ1n) is 10.4. The van der Waals surface area contributed by atoms with Crippen LogP contribution in [-0.2, 0) is 14.3 Å². The average molecular weight is 438 g/mol. The van der Waals surface area contributed by atoms with E-state index in [2.05, 4.69) is 0 Å². The summed E-state index contributed by atoms with van der Waals surface area (Å²) in [6.07, 6.45) is 3.04. The van der Waals surface area contributed by atoms with E-state index >= 15 is 0 Å². The van der Waals surface area contributed by atoms with Gasteiger partial charge in [-0.3, -0.25) is 19.3 Å². The fourth-order valence-electron chi connectivity index (χ4n) is 5.34. The van der Waals surface area contributed by atoms with Gasteiger partial charge < -0.3 is 4.74 Å². The molecule has 0 spiro atoms. The normalized spacial score (nSPS) is 26.3. The number of esters is 1. The summed E-state index contributed by atoms with van der Waals surface area (Å²) >= 11 is 5.80. The van der Waals surface area contributed by atoms with Gasteiger partial charge in [0, 0.05) is 10.6 Å². The number of anilines is 1. The third kappa shape index (κ3) is 3.35. The maximum Gasteiger partial charge on any atom is 0.338 e. The quantitative estimate of drug-likeness (QED) is 0.402. The van der Waals surface area contributed by atoms with Gasteiger partial charge in [0.2, 0.25) is 11.8 Å². The van der Waals surface area contributed by atoms with E-state index in [4.69, 9.17) is 16.3 Å². The monoisotopic (exact) mass is 437 g/mol. The molecule has 1 saturated heterocycles. The number of hydrogen-bond acceptors (Lipinski definition) is 5. The number of halogens is 1. The minimum Gasteiger partial charge on any atom is -0.454 e. The Morgan fingerprint density at radius 3 is 2.00 bits per heavy atom. The van der Waals surface area contributed by atoms with Crippen LogP contribution in [0.15, 0.2) is 48.5 Å². The molecule has 31 heavy (non-hydrogen) atoms. The minimum atomic E-state index is -0.650. The molecule has 1 aliphatic heterocycles. The van der Waals surface area contributed by atoms with Gasteiger partial charge >= 0.3 is 5.97 Å². The first kappa shape index (κ1) is 19.9.